The van der Waals surface area contributed by atoms with Crippen molar-refractivity contribution in [2.45, 2.75) is 31.0 Å². The molecule has 0 spiro atoms. The zero-order chi connectivity index (χ0) is 20.7. The number of nitrogens with two attached hydrogens (primary N) is 1. The van der Waals surface area contributed by atoms with Gasteiger partial charge in [0.1, 0.15) is 17.7 Å². The fraction of sp³-hybridized carbons (Fsp3) is 0.438. The maximum atomic E-state index is 11.7. The second kappa shape index (κ2) is 7.36. The van der Waals surface area contributed by atoms with E-state index in [0.717, 1.165) is 0 Å². The van der Waals surface area contributed by atoms with E-state index in [1.165, 1.54) is 35.0 Å². The first-order chi connectivity index (χ1) is 13.9. The van der Waals surface area contributed by atoms with Crippen LogP contribution in [0.25, 0.3) is 17.1 Å². The minimum Gasteiger partial charge on any atom is -0.396 e. The molecule has 1 amide bonds. The van der Waals surface area contributed by atoms with E-state index in [9.17, 15) is 15.0 Å². The van der Waals surface area contributed by atoms with Gasteiger partial charge in [0.05, 0.1) is 24.2 Å². The number of carbonyl (C=O) groups is 1. The predicted molar refractivity (Wildman–Crippen MR) is 97.9 cm³/mol. The number of fused-ring (bicyclic) bond motifs is 1. The number of anilines is 1. The van der Waals surface area contributed by atoms with E-state index in [1.807, 2.05) is 0 Å². The molecular formula is C16H20N8O5. The van der Waals surface area contributed by atoms with E-state index < -0.39 is 24.5 Å². The molecule has 1 aliphatic heterocycles. The van der Waals surface area contributed by atoms with E-state index in [1.54, 1.807) is 0 Å². The Morgan fingerprint density at radius 3 is 2.86 bits per heavy atom. The number of ether oxygens (including phenoxy) is 1. The third-order valence-electron chi connectivity index (χ3n) is 4.74. The van der Waals surface area contributed by atoms with Crippen molar-refractivity contribution < 1.29 is 24.9 Å². The number of nitrogens with one attached hydrogen (secondary N) is 1. The monoisotopic (exact) mass is 404 g/mol. The number of hydrogen-bond acceptors (Lipinski definition) is 10. The second-order valence-corrected chi connectivity index (χ2v) is 6.54. The molecule has 4 rings (SSSR count). The zero-order valence-corrected chi connectivity index (χ0v) is 15.4. The normalized spacial score (nSPS) is 24.3. The molecule has 3 aromatic rings. The van der Waals surface area contributed by atoms with Crippen LogP contribution in [-0.4, -0.2) is 82.5 Å². The van der Waals surface area contributed by atoms with Gasteiger partial charge in [0.15, 0.2) is 17.7 Å². The third-order valence-corrected chi connectivity index (χ3v) is 4.74. The highest BCUT2D eigenvalue weighted by Gasteiger charge is 2.44. The fourth-order valence-corrected chi connectivity index (χ4v) is 3.23. The summed E-state index contributed by atoms with van der Waals surface area (Å²) in [5.41, 5.74) is 6.85. The predicted octanol–water partition coefficient (Wildman–Crippen LogP) is -2.04. The van der Waals surface area contributed by atoms with E-state index in [-0.39, 0.29) is 41.9 Å². The Bertz CT molecular complexity index is 1050. The summed E-state index contributed by atoms with van der Waals surface area (Å²) < 4.78 is 8.42. The van der Waals surface area contributed by atoms with Crippen molar-refractivity contribution in [1.82, 2.24) is 34.6 Å². The van der Waals surface area contributed by atoms with Gasteiger partial charge in [-0.3, -0.25) is 9.36 Å². The molecule has 0 unspecified atom stereocenters. The van der Waals surface area contributed by atoms with Crippen LogP contribution in [0.1, 0.15) is 23.0 Å². The lowest BCUT2D eigenvalue weighted by molar-refractivity contribution is -0.0405. The number of aliphatic hydroxyl groups excluding tert-OH is 3. The van der Waals surface area contributed by atoms with Crippen molar-refractivity contribution in [1.29, 1.82) is 0 Å². The highest BCUT2D eigenvalue weighted by molar-refractivity contribution is 5.93. The smallest absolute Gasteiger partial charge is 0.254 e. The van der Waals surface area contributed by atoms with Crippen LogP contribution in [-0.2, 0) is 4.74 Å². The van der Waals surface area contributed by atoms with Crippen molar-refractivity contribution in [2.24, 2.45) is 0 Å². The number of rotatable bonds is 5. The van der Waals surface area contributed by atoms with Gasteiger partial charge in [0.25, 0.3) is 11.9 Å². The molecule has 0 bridgehead atoms. The van der Waals surface area contributed by atoms with Crippen LogP contribution >= 0.6 is 0 Å². The summed E-state index contributed by atoms with van der Waals surface area (Å²) in [6.45, 7) is -0.196. The second-order valence-electron chi connectivity index (χ2n) is 6.54. The van der Waals surface area contributed by atoms with Gasteiger partial charge < -0.3 is 31.1 Å². The molecule has 4 heterocycles. The Labute approximate surface area is 163 Å². The maximum absolute atomic E-state index is 11.7. The van der Waals surface area contributed by atoms with Crippen LogP contribution in [0, 0.1) is 0 Å². The van der Waals surface area contributed by atoms with Gasteiger partial charge in [-0.05, 0) is 6.42 Å². The molecule has 0 aliphatic carbocycles. The molecule has 1 fully saturated rings. The highest BCUT2D eigenvalue weighted by Crippen LogP contribution is 2.33. The molecule has 0 aromatic carbocycles. The summed E-state index contributed by atoms with van der Waals surface area (Å²) >= 11 is 0. The minimum absolute atomic E-state index is 0.0701. The number of nitrogen functional groups attached to an aromatic ring is 1. The lowest BCUT2D eigenvalue weighted by Crippen LogP contribution is -2.31. The van der Waals surface area contributed by atoms with Gasteiger partial charge in [-0.25, -0.2) is 9.67 Å². The molecular weight excluding hydrogens is 384 g/mol. The lowest BCUT2D eigenvalue weighted by atomic mass is 10.1. The van der Waals surface area contributed by atoms with Gasteiger partial charge in [-0.2, -0.15) is 15.1 Å². The van der Waals surface area contributed by atoms with Crippen molar-refractivity contribution in [3.8, 4) is 5.95 Å². The average molecular weight is 404 g/mol. The molecule has 13 nitrogen and oxygen atoms in total. The molecule has 0 saturated carbocycles. The van der Waals surface area contributed by atoms with E-state index in [2.05, 4.69) is 25.4 Å². The van der Waals surface area contributed by atoms with Crippen LogP contribution in [0.4, 0.5) is 5.82 Å². The molecule has 13 heteroatoms. The number of aliphatic hydroxyl groups is 3. The van der Waals surface area contributed by atoms with Crippen LogP contribution in [0.3, 0.4) is 0 Å². The Balaban J connectivity index is 1.74. The SMILES string of the molecule is CNC(=O)c1cnn(-c2nc(N)c3ncn([C@@H]4O[C@H](CCO)[C@@H](O)[C@H]4O)c3n2)c1. The van der Waals surface area contributed by atoms with Gasteiger partial charge in [-0.15, -0.1) is 0 Å². The van der Waals surface area contributed by atoms with Crippen molar-refractivity contribution >= 4 is 22.9 Å². The molecule has 6 N–H and O–H groups in total. The van der Waals surface area contributed by atoms with Crippen molar-refractivity contribution in [2.75, 3.05) is 19.4 Å². The van der Waals surface area contributed by atoms with E-state index in [0.29, 0.717) is 5.56 Å². The van der Waals surface area contributed by atoms with E-state index in [4.69, 9.17) is 15.6 Å². The molecule has 1 aliphatic rings. The fourth-order valence-electron chi connectivity index (χ4n) is 3.23. The molecule has 4 atom stereocenters. The minimum atomic E-state index is -1.26. The Hall–Kier alpha value is -3.13. The van der Waals surface area contributed by atoms with Gasteiger partial charge in [0, 0.05) is 19.9 Å². The lowest BCUT2D eigenvalue weighted by Gasteiger charge is -2.16. The number of imidazole rings is 1. The summed E-state index contributed by atoms with van der Waals surface area (Å²) in [5.74, 6) is -0.158. The van der Waals surface area contributed by atoms with Crippen LogP contribution in [0.2, 0.25) is 0 Å². The number of amides is 1. The maximum Gasteiger partial charge on any atom is 0.254 e. The number of aromatic nitrogens is 6. The number of hydrogen-bond donors (Lipinski definition) is 5. The van der Waals surface area contributed by atoms with Gasteiger partial charge >= 0.3 is 0 Å². The molecule has 29 heavy (non-hydrogen) atoms. The highest BCUT2D eigenvalue weighted by atomic mass is 16.6. The zero-order valence-electron chi connectivity index (χ0n) is 15.4. The topological polar surface area (TPSA) is 186 Å². The largest absolute Gasteiger partial charge is 0.396 e. The van der Waals surface area contributed by atoms with Crippen LogP contribution in [0.5, 0.6) is 0 Å². The van der Waals surface area contributed by atoms with Crippen molar-refractivity contribution in [3.63, 3.8) is 0 Å². The molecule has 1 saturated heterocycles. The summed E-state index contributed by atoms with van der Waals surface area (Å²) in [6.07, 6.45) is 0.198. The van der Waals surface area contributed by atoms with Gasteiger partial charge in [-0.1, -0.05) is 0 Å². The Morgan fingerprint density at radius 1 is 1.34 bits per heavy atom. The molecule has 154 valence electrons. The Morgan fingerprint density at radius 2 is 2.14 bits per heavy atom. The van der Waals surface area contributed by atoms with Crippen LogP contribution in [0.15, 0.2) is 18.7 Å². The molecule has 3 aromatic heterocycles. The first kappa shape index (κ1) is 19.2. The summed E-state index contributed by atoms with van der Waals surface area (Å²) in [6, 6.07) is 0. The first-order valence-corrected chi connectivity index (χ1v) is 8.84. The van der Waals surface area contributed by atoms with E-state index >= 15 is 0 Å². The number of carbonyl (C=O) groups excluding carboxylic acids is 1. The third kappa shape index (κ3) is 3.19. The quantitative estimate of drug-likeness (QED) is 0.317. The summed E-state index contributed by atoms with van der Waals surface area (Å²) in [5, 5.41) is 36.2. The summed E-state index contributed by atoms with van der Waals surface area (Å²) in [4.78, 5) is 24.5. The van der Waals surface area contributed by atoms with Crippen LogP contribution < -0.4 is 11.1 Å². The standard InChI is InChI=1S/C16H20N8O5/c1-18-14(28)7-4-20-24(5-7)16-21-12(17)9-13(22-16)23(6-19-9)15-11(27)10(26)8(29-15)2-3-25/h4-6,8,10-11,15,25-27H,2-3H2,1H3,(H,18,28)(H2,17,21,22)/t8-,10-,11-,15-/m1/s1. The summed E-state index contributed by atoms with van der Waals surface area (Å²) in [7, 11) is 1.50. The molecule has 0 radical (unpaired) electrons. The average Bonchev–Trinajstić information content (AvgIpc) is 3.42. The van der Waals surface area contributed by atoms with Crippen molar-refractivity contribution in [3.05, 3.63) is 24.3 Å². The Kier molecular flexibility index (Phi) is 4.87. The van der Waals surface area contributed by atoms with Gasteiger partial charge in [0.2, 0.25) is 0 Å². The number of nitrogens with zero attached hydrogens (tertiary/aromatic N) is 6. The first-order valence-electron chi connectivity index (χ1n) is 8.84.